The first-order chi connectivity index (χ1) is 10.2. The van der Waals surface area contributed by atoms with E-state index in [0.29, 0.717) is 25.9 Å². The van der Waals surface area contributed by atoms with Crippen LogP contribution in [0.2, 0.25) is 0 Å². The lowest BCUT2D eigenvalue weighted by Gasteiger charge is -2.36. The Balaban J connectivity index is 1.64. The summed E-state index contributed by atoms with van der Waals surface area (Å²) in [5.74, 6) is 0.345. The molecule has 114 valence electrons. The van der Waals surface area contributed by atoms with Crippen LogP contribution in [-0.2, 0) is 22.7 Å². The van der Waals surface area contributed by atoms with Crippen LogP contribution in [0.3, 0.4) is 0 Å². The average Bonchev–Trinajstić information content (AvgIpc) is 2.96. The van der Waals surface area contributed by atoms with Crippen LogP contribution in [0.1, 0.15) is 31.9 Å². The molecule has 0 bridgehead atoms. The minimum atomic E-state index is -0.0382. The van der Waals surface area contributed by atoms with Crippen molar-refractivity contribution in [3.63, 3.8) is 0 Å². The molecule has 0 spiro atoms. The van der Waals surface area contributed by atoms with Crippen molar-refractivity contribution in [1.82, 2.24) is 19.4 Å². The number of rotatable bonds is 3. The van der Waals surface area contributed by atoms with Crippen molar-refractivity contribution in [3.8, 4) is 0 Å². The molecular formula is C15H22N4O2. The average molecular weight is 290 g/mol. The maximum Gasteiger partial charge on any atom is 0.227 e. The number of hydrogen-bond acceptors (Lipinski definition) is 3. The second kappa shape index (κ2) is 5.87. The van der Waals surface area contributed by atoms with Crippen LogP contribution in [0, 0.1) is 5.92 Å². The van der Waals surface area contributed by atoms with Crippen LogP contribution in [0.4, 0.5) is 0 Å². The maximum atomic E-state index is 12.7. The molecule has 6 nitrogen and oxygen atoms in total. The Morgan fingerprint density at radius 3 is 3.10 bits per heavy atom. The number of nitrogens with zero attached hydrogens (tertiary/aromatic N) is 4. The second-order valence-corrected chi connectivity index (χ2v) is 5.91. The minimum Gasteiger partial charge on any atom is -0.342 e. The number of aromatic nitrogens is 2. The lowest BCUT2D eigenvalue weighted by Crippen LogP contribution is -2.48. The van der Waals surface area contributed by atoms with Gasteiger partial charge >= 0.3 is 0 Å². The van der Waals surface area contributed by atoms with Crippen molar-refractivity contribution in [2.24, 2.45) is 5.92 Å². The third kappa shape index (κ3) is 2.80. The normalized spacial score (nSPS) is 22.3. The molecule has 3 heterocycles. The Bertz CT molecular complexity index is 540. The molecule has 1 aromatic heterocycles. The molecule has 3 rings (SSSR count). The molecule has 1 fully saturated rings. The van der Waals surface area contributed by atoms with Crippen molar-refractivity contribution in [1.29, 1.82) is 0 Å². The van der Waals surface area contributed by atoms with E-state index in [4.69, 9.17) is 0 Å². The molecule has 1 atom stereocenters. The van der Waals surface area contributed by atoms with E-state index in [1.54, 1.807) is 0 Å². The largest absolute Gasteiger partial charge is 0.342 e. The maximum absolute atomic E-state index is 12.7. The first kappa shape index (κ1) is 14.1. The van der Waals surface area contributed by atoms with Gasteiger partial charge in [0.15, 0.2) is 0 Å². The smallest absolute Gasteiger partial charge is 0.227 e. The third-order valence-electron chi connectivity index (χ3n) is 4.42. The molecule has 21 heavy (non-hydrogen) atoms. The van der Waals surface area contributed by atoms with Crippen molar-refractivity contribution >= 4 is 11.8 Å². The highest BCUT2D eigenvalue weighted by atomic mass is 16.2. The number of piperidine rings is 1. The first-order valence-corrected chi connectivity index (χ1v) is 7.74. The predicted molar refractivity (Wildman–Crippen MR) is 77.2 cm³/mol. The van der Waals surface area contributed by atoms with Gasteiger partial charge in [0.1, 0.15) is 0 Å². The fourth-order valence-electron chi connectivity index (χ4n) is 3.23. The van der Waals surface area contributed by atoms with Crippen molar-refractivity contribution in [2.75, 3.05) is 19.6 Å². The van der Waals surface area contributed by atoms with Gasteiger partial charge in [0.25, 0.3) is 0 Å². The van der Waals surface area contributed by atoms with E-state index in [9.17, 15) is 9.59 Å². The van der Waals surface area contributed by atoms with Gasteiger partial charge < -0.3 is 14.4 Å². The Morgan fingerprint density at radius 2 is 2.29 bits per heavy atom. The Kier molecular flexibility index (Phi) is 3.94. The number of carbonyl (C=O) groups excluding carboxylic acids is 2. The summed E-state index contributed by atoms with van der Waals surface area (Å²) < 4.78 is 2.09. The summed E-state index contributed by atoms with van der Waals surface area (Å²) in [4.78, 5) is 32.4. The Labute approximate surface area is 124 Å². The number of carbonyl (C=O) groups is 2. The van der Waals surface area contributed by atoms with Crippen LogP contribution in [0.5, 0.6) is 0 Å². The summed E-state index contributed by atoms with van der Waals surface area (Å²) in [6, 6.07) is 0. The summed E-state index contributed by atoms with van der Waals surface area (Å²) >= 11 is 0. The summed E-state index contributed by atoms with van der Waals surface area (Å²) in [5.41, 5.74) is 1.09. The van der Waals surface area contributed by atoms with E-state index in [0.717, 1.165) is 31.7 Å². The quantitative estimate of drug-likeness (QED) is 0.830. The molecule has 2 aliphatic rings. The van der Waals surface area contributed by atoms with Gasteiger partial charge in [-0.15, -0.1) is 0 Å². The van der Waals surface area contributed by atoms with Crippen molar-refractivity contribution in [3.05, 3.63) is 18.2 Å². The molecule has 2 aliphatic heterocycles. The highest BCUT2D eigenvalue weighted by molar-refractivity contribution is 5.84. The van der Waals surface area contributed by atoms with Gasteiger partial charge in [-0.05, 0) is 12.8 Å². The molecular weight excluding hydrogens is 268 g/mol. The minimum absolute atomic E-state index is 0.0382. The monoisotopic (exact) mass is 290 g/mol. The number of hydrogen-bond donors (Lipinski definition) is 0. The molecule has 0 aromatic carbocycles. The first-order valence-electron chi connectivity index (χ1n) is 7.74. The fourth-order valence-corrected chi connectivity index (χ4v) is 3.23. The molecule has 0 radical (unpaired) electrons. The molecule has 0 aliphatic carbocycles. The van der Waals surface area contributed by atoms with Crippen LogP contribution in [0.25, 0.3) is 0 Å². The fraction of sp³-hybridized carbons (Fsp3) is 0.667. The van der Waals surface area contributed by atoms with E-state index < -0.39 is 0 Å². The molecule has 1 aromatic rings. The zero-order chi connectivity index (χ0) is 14.8. The van der Waals surface area contributed by atoms with Crippen LogP contribution >= 0.6 is 0 Å². The number of likely N-dealkylation sites (tertiary alicyclic amines) is 1. The molecule has 0 saturated carbocycles. The number of fused-ring (bicyclic) bond motifs is 1. The summed E-state index contributed by atoms with van der Waals surface area (Å²) in [5, 5.41) is 0. The molecule has 6 heteroatoms. The number of amides is 2. The van der Waals surface area contributed by atoms with Gasteiger partial charge in [-0.2, -0.15) is 0 Å². The summed E-state index contributed by atoms with van der Waals surface area (Å²) in [6.45, 7) is 5.59. The van der Waals surface area contributed by atoms with Gasteiger partial charge in [0, 0.05) is 38.8 Å². The lowest BCUT2D eigenvalue weighted by molar-refractivity contribution is -0.144. The third-order valence-corrected chi connectivity index (χ3v) is 4.42. The predicted octanol–water partition coefficient (Wildman–Crippen LogP) is 0.874. The summed E-state index contributed by atoms with van der Waals surface area (Å²) in [7, 11) is 0. The van der Waals surface area contributed by atoms with E-state index in [1.165, 1.54) is 0 Å². The molecule has 1 saturated heterocycles. The zero-order valence-electron chi connectivity index (χ0n) is 12.5. The summed E-state index contributed by atoms with van der Waals surface area (Å²) in [6.07, 6.45) is 5.78. The lowest BCUT2D eigenvalue weighted by atomic mass is 9.95. The standard InChI is InChI=1S/C15H22N4O2/c1-2-5-17-9-12(3-4-14(17)20)15(21)18-6-7-19-11-16-8-13(19)10-18/h8,11-12H,2-7,9-10H2,1H3/t12-/m0/s1. The van der Waals surface area contributed by atoms with E-state index in [-0.39, 0.29) is 17.7 Å². The van der Waals surface area contributed by atoms with Crippen LogP contribution in [0.15, 0.2) is 12.5 Å². The SMILES string of the molecule is CCCN1C[C@@H](C(=O)N2CCn3cncc3C2)CCC1=O. The molecule has 0 N–H and O–H groups in total. The van der Waals surface area contributed by atoms with Crippen LogP contribution in [-0.4, -0.2) is 50.8 Å². The molecule has 0 unspecified atom stereocenters. The highest BCUT2D eigenvalue weighted by Crippen LogP contribution is 2.22. The molecule has 2 amide bonds. The van der Waals surface area contributed by atoms with Gasteiger partial charge in [-0.3, -0.25) is 9.59 Å². The van der Waals surface area contributed by atoms with Gasteiger partial charge in [-0.25, -0.2) is 4.98 Å². The van der Waals surface area contributed by atoms with E-state index >= 15 is 0 Å². The highest BCUT2D eigenvalue weighted by Gasteiger charge is 2.33. The van der Waals surface area contributed by atoms with Crippen molar-refractivity contribution < 1.29 is 9.59 Å². The van der Waals surface area contributed by atoms with Gasteiger partial charge in [0.05, 0.1) is 24.5 Å². The Hall–Kier alpha value is -1.85. The Morgan fingerprint density at radius 1 is 1.43 bits per heavy atom. The zero-order valence-corrected chi connectivity index (χ0v) is 12.5. The second-order valence-electron chi connectivity index (χ2n) is 5.91. The topological polar surface area (TPSA) is 58.4 Å². The van der Waals surface area contributed by atoms with Gasteiger partial charge in [0.2, 0.25) is 11.8 Å². The van der Waals surface area contributed by atoms with E-state index in [1.807, 2.05) is 22.3 Å². The van der Waals surface area contributed by atoms with Crippen LogP contribution < -0.4 is 0 Å². The van der Waals surface area contributed by atoms with E-state index in [2.05, 4.69) is 16.5 Å². The van der Waals surface area contributed by atoms with Crippen molar-refractivity contribution in [2.45, 2.75) is 39.3 Å². The number of imidazole rings is 1. The van der Waals surface area contributed by atoms with Gasteiger partial charge in [-0.1, -0.05) is 6.92 Å².